The molecule has 0 aliphatic rings. The van der Waals surface area contributed by atoms with Gasteiger partial charge in [0.05, 0.1) is 11.1 Å². The lowest BCUT2D eigenvalue weighted by atomic mass is 9.96. The Hall–Kier alpha value is -1.28. The molecule has 2 nitrogen and oxygen atoms in total. The van der Waals surface area contributed by atoms with Gasteiger partial charge in [0.25, 0.3) is 0 Å². The minimum atomic E-state index is 0.0428. The highest BCUT2D eigenvalue weighted by molar-refractivity contribution is 6.21. The van der Waals surface area contributed by atoms with E-state index in [4.69, 9.17) is 11.6 Å². The Labute approximate surface area is 120 Å². The molecule has 1 heterocycles. The van der Waals surface area contributed by atoms with Crippen molar-refractivity contribution in [2.24, 2.45) is 13.0 Å². The van der Waals surface area contributed by atoms with E-state index in [1.54, 1.807) is 0 Å². The Balaban J connectivity index is 2.08. The summed E-state index contributed by atoms with van der Waals surface area (Å²) in [6, 6.07) is 12.5. The molecule has 0 aliphatic heterocycles. The highest BCUT2D eigenvalue weighted by Crippen LogP contribution is 2.31. The van der Waals surface area contributed by atoms with Gasteiger partial charge in [-0.15, -0.1) is 11.6 Å². The molecule has 0 amide bonds. The molecule has 0 fully saturated rings. The lowest BCUT2D eigenvalue weighted by molar-refractivity contribution is 0.531. The molecule has 2 rings (SSSR count). The average molecular weight is 277 g/mol. The van der Waals surface area contributed by atoms with Gasteiger partial charge in [-0.2, -0.15) is 5.10 Å². The summed E-state index contributed by atoms with van der Waals surface area (Å²) in [4.78, 5) is 0. The molecule has 2 unspecified atom stereocenters. The van der Waals surface area contributed by atoms with Gasteiger partial charge < -0.3 is 0 Å². The molecule has 2 aromatic rings. The van der Waals surface area contributed by atoms with E-state index in [-0.39, 0.29) is 5.38 Å². The summed E-state index contributed by atoms with van der Waals surface area (Å²) in [6.07, 6.45) is 1.93. The third-order valence-corrected chi connectivity index (χ3v) is 4.22. The zero-order valence-electron chi connectivity index (χ0n) is 11.8. The molecule has 0 N–H and O–H groups in total. The maximum Gasteiger partial charge on any atom is 0.0624 e. The fourth-order valence-electron chi connectivity index (χ4n) is 2.33. The van der Waals surface area contributed by atoms with Gasteiger partial charge in [-0.25, -0.2) is 0 Å². The summed E-state index contributed by atoms with van der Waals surface area (Å²) in [5.41, 5.74) is 3.59. The second-order valence-corrected chi connectivity index (χ2v) is 5.57. The largest absolute Gasteiger partial charge is 0.272 e. The predicted octanol–water partition coefficient (Wildman–Crippen LogP) is 4.14. The number of rotatable bonds is 5. The first kappa shape index (κ1) is 14.1. The van der Waals surface area contributed by atoms with Crippen molar-refractivity contribution in [3.8, 4) is 0 Å². The number of hydrogen-bond donors (Lipinski definition) is 0. The Morgan fingerprint density at radius 1 is 1.26 bits per heavy atom. The third-order valence-electron chi connectivity index (χ3n) is 3.54. The highest BCUT2D eigenvalue weighted by atomic mass is 35.5. The third kappa shape index (κ3) is 3.38. The lowest BCUT2D eigenvalue weighted by Gasteiger charge is -2.18. The molecule has 102 valence electrons. The fraction of sp³-hybridized carbons (Fsp3) is 0.438. The molecular formula is C16H21ClN2. The molecule has 1 aromatic heterocycles. The van der Waals surface area contributed by atoms with Crippen LogP contribution in [-0.4, -0.2) is 9.78 Å². The first-order valence-electron chi connectivity index (χ1n) is 6.82. The van der Waals surface area contributed by atoms with E-state index < -0.39 is 0 Å². The predicted molar refractivity (Wildman–Crippen MR) is 80.5 cm³/mol. The van der Waals surface area contributed by atoms with Crippen LogP contribution in [0.3, 0.4) is 0 Å². The number of aryl methyl sites for hydroxylation is 2. The van der Waals surface area contributed by atoms with Crippen LogP contribution in [0.2, 0.25) is 0 Å². The van der Waals surface area contributed by atoms with Crippen molar-refractivity contribution < 1.29 is 0 Å². The molecule has 0 saturated heterocycles. The molecule has 0 radical (unpaired) electrons. The molecule has 0 bridgehead atoms. The second-order valence-electron chi connectivity index (χ2n) is 5.10. The smallest absolute Gasteiger partial charge is 0.0624 e. The van der Waals surface area contributed by atoms with Crippen molar-refractivity contribution in [2.75, 3.05) is 0 Å². The normalized spacial score (nSPS) is 14.3. The monoisotopic (exact) mass is 276 g/mol. The van der Waals surface area contributed by atoms with E-state index in [0.29, 0.717) is 5.92 Å². The van der Waals surface area contributed by atoms with Crippen LogP contribution in [0, 0.1) is 5.92 Å². The average Bonchev–Trinajstić information content (AvgIpc) is 2.79. The number of hydrogen-bond acceptors (Lipinski definition) is 1. The number of alkyl halides is 1. The fourth-order valence-corrected chi connectivity index (χ4v) is 2.57. The van der Waals surface area contributed by atoms with Crippen molar-refractivity contribution in [3.05, 3.63) is 53.3 Å². The summed E-state index contributed by atoms with van der Waals surface area (Å²) in [5.74, 6) is 0.379. The summed E-state index contributed by atoms with van der Waals surface area (Å²) < 4.78 is 1.98. The van der Waals surface area contributed by atoms with Crippen molar-refractivity contribution in [2.45, 2.75) is 32.1 Å². The van der Waals surface area contributed by atoms with E-state index in [2.05, 4.69) is 37.1 Å². The molecular weight excluding hydrogens is 256 g/mol. The van der Waals surface area contributed by atoms with E-state index in [9.17, 15) is 0 Å². The SMILES string of the molecule is CCc1cc(CC(C)C(Cl)c2ccccc2)n(C)n1. The van der Waals surface area contributed by atoms with Crippen LogP contribution < -0.4 is 0 Å². The van der Waals surface area contributed by atoms with E-state index in [1.165, 1.54) is 11.3 Å². The van der Waals surface area contributed by atoms with E-state index in [1.807, 2.05) is 29.9 Å². The minimum Gasteiger partial charge on any atom is -0.272 e. The molecule has 3 heteroatoms. The van der Waals surface area contributed by atoms with Crippen molar-refractivity contribution >= 4 is 11.6 Å². The van der Waals surface area contributed by atoms with E-state index >= 15 is 0 Å². The van der Waals surface area contributed by atoms with Crippen LogP contribution in [0.4, 0.5) is 0 Å². The van der Waals surface area contributed by atoms with Gasteiger partial charge in [0, 0.05) is 12.7 Å². The maximum atomic E-state index is 6.57. The van der Waals surface area contributed by atoms with Crippen molar-refractivity contribution in [1.29, 1.82) is 0 Å². The van der Waals surface area contributed by atoms with Gasteiger partial charge in [-0.3, -0.25) is 4.68 Å². The van der Waals surface area contributed by atoms with E-state index in [0.717, 1.165) is 18.5 Å². The van der Waals surface area contributed by atoms with Gasteiger partial charge >= 0.3 is 0 Å². The Bertz CT molecular complexity index is 519. The minimum absolute atomic E-state index is 0.0428. The number of benzene rings is 1. The van der Waals surface area contributed by atoms with Crippen LogP contribution in [0.15, 0.2) is 36.4 Å². The van der Waals surface area contributed by atoms with Crippen LogP contribution in [0.25, 0.3) is 0 Å². The molecule has 19 heavy (non-hydrogen) atoms. The molecule has 0 aliphatic carbocycles. The number of halogens is 1. The Morgan fingerprint density at radius 2 is 1.95 bits per heavy atom. The van der Waals surface area contributed by atoms with Gasteiger partial charge in [0.1, 0.15) is 0 Å². The summed E-state index contributed by atoms with van der Waals surface area (Å²) >= 11 is 6.57. The zero-order chi connectivity index (χ0) is 13.8. The van der Waals surface area contributed by atoms with Gasteiger partial charge in [0.15, 0.2) is 0 Å². The van der Waals surface area contributed by atoms with Gasteiger partial charge in [-0.05, 0) is 30.4 Å². The summed E-state index contributed by atoms with van der Waals surface area (Å²) in [5, 5.41) is 4.53. The molecule has 0 spiro atoms. The molecule has 2 atom stereocenters. The Morgan fingerprint density at radius 3 is 2.53 bits per heavy atom. The van der Waals surface area contributed by atoms with Crippen LogP contribution in [-0.2, 0) is 19.9 Å². The van der Waals surface area contributed by atoms with Gasteiger partial charge in [-0.1, -0.05) is 44.2 Å². The van der Waals surface area contributed by atoms with Gasteiger partial charge in [0.2, 0.25) is 0 Å². The highest BCUT2D eigenvalue weighted by Gasteiger charge is 2.18. The lowest BCUT2D eigenvalue weighted by Crippen LogP contribution is -2.10. The van der Waals surface area contributed by atoms with Crippen LogP contribution >= 0.6 is 11.6 Å². The quantitative estimate of drug-likeness (QED) is 0.751. The standard InChI is InChI=1S/C16H21ClN2/c1-4-14-11-15(19(3)18-14)10-12(2)16(17)13-8-6-5-7-9-13/h5-9,11-12,16H,4,10H2,1-3H3. The number of aromatic nitrogens is 2. The summed E-state index contributed by atoms with van der Waals surface area (Å²) in [7, 11) is 2.01. The topological polar surface area (TPSA) is 17.8 Å². The first-order valence-corrected chi connectivity index (χ1v) is 7.26. The molecule has 0 saturated carbocycles. The van der Waals surface area contributed by atoms with Crippen molar-refractivity contribution in [3.63, 3.8) is 0 Å². The van der Waals surface area contributed by atoms with Crippen LogP contribution in [0.5, 0.6) is 0 Å². The summed E-state index contributed by atoms with van der Waals surface area (Å²) in [6.45, 7) is 4.33. The number of nitrogens with zero attached hydrogens (tertiary/aromatic N) is 2. The maximum absolute atomic E-state index is 6.57. The van der Waals surface area contributed by atoms with Crippen LogP contribution in [0.1, 0.15) is 36.2 Å². The second kappa shape index (κ2) is 6.25. The molecule has 1 aromatic carbocycles. The Kier molecular flexibility index (Phi) is 4.65. The zero-order valence-corrected chi connectivity index (χ0v) is 12.6. The van der Waals surface area contributed by atoms with Crippen molar-refractivity contribution in [1.82, 2.24) is 9.78 Å². The first-order chi connectivity index (χ1) is 9.11.